The molecule has 0 spiro atoms. The highest BCUT2D eigenvalue weighted by Crippen LogP contribution is 2.43. The molecule has 0 bridgehead atoms. The normalized spacial score (nSPS) is 30.2. The minimum absolute atomic E-state index is 0.437. The summed E-state index contributed by atoms with van der Waals surface area (Å²) in [5, 5.41) is 3.14. The molecule has 1 atom stereocenters. The Morgan fingerprint density at radius 1 is 1.40 bits per heavy atom. The molecule has 3 rings (SSSR count). The van der Waals surface area contributed by atoms with Crippen LogP contribution < -0.4 is 5.32 Å². The van der Waals surface area contributed by atoms with Crippen molar-refractivity contribution in [3.8, 4) is 0 Å². The summed E-state index contributed by atoms with van der Waals surface area (Å²) in [6.45, 7) is 5.59. The lowest BCUT2D eigenvalue weighted by atomic mass is 10.0. The van der Waals surface area contributed by atoms with E-state index < -0.39 is 5.67 Å². The van der Waals surface area contributed by atoms with Crippen molar-refractivity contribution in [2.45, 2.75) is 31.4 Å². The lowest BCUT2D eigenvalue weighted by Gasteiger charge is -2.26. The third kappa shape index (κ3) is 2.87. The maximum atomic E-state index is 14.2. The van der Waals surface area contributed by atoms with E-state index in [4.69, 9.17) is 0 Å². The number of nitrogens with one attached hydrogen (secondary N) is 1. The number of fused-ring (bicyclic) bond motifs is 1. The van der Waals surface area contributed by atoms with Crippen LogP contribution in [0, 0.1) is 0 Å². The first-order valence-electron chi connectivity index (χ1n) is 7.28. The Balaban J connectivity index is 1.62. The van der Waals surface area contributed by atoms with Gasteiger partial charge in [0.2, 0.25) is 0 Å². The van der Waals surface area contributed by atoms with Gasteiger partial charge in [-0.05, 0) is 37.1 Å². The summed E-state index contributed by atoms with van der Waals surface area (Å²) in [6, 6.07) is 0. The molecule has 0 aromatic carbocycles. The Hall–Kier alpha value is -1.77. The molecule has 2 nitrogen and oxygen atoms in total. The lowest BCUT2D eigenvalue weighted by molar-refractivity contribution is 0.306. The van der Waals surface area contributed by atoms with E-state index in [0.29, 0.717) is 13.0 Å². The smallest absolute Gasteiger partial charge is 0.156 e. The molecular formula is C17H21FN2. The van der Waals surface area contributed by atoms with Gasteiger partial charge in [-0.3, -0.25) is 0 Å². The predicted octanol–water partition coefficient (Wildman–Crippen LogP) is 3.58. The second-order valence-electron chi connectivity index (χ2n) is 5.69. The van der Waals surface area contributed by atoms with E-state index in [-0.39, 0.29) is 0 Å². The molecule has 0 aromatic heterocycles. The molecule has 0 saturated heterocycles. The van der Waals surface area contributed by atoms with Crippen molar-refractivity contribution in [1.29, 1.82) is 0 Å². The van der Waals surface area contributed by atoms with Gasteiger partial charge in [-0.1, -0.05) is 36.5 Å². The average Bonchev–Trinajstić information content (AvgIpc) is 3.09. The van der Waals surface area contributed by atoms with Gasteiger partial charge in [-0.15, -0.1) is 0 Å². The van der Waals surface area contributed by atoms with Gasteiger partial charge in [-0.2, -0.15) is 0 Å². The number of nitrogens with zero attached hydrogens (tertiary/aromatic N) is 1. The third-order valence-electron chi connectivity index (χ3n) is 4.18. The number of allylic oxidation sites excluding steroid dienone is 5. The van der Waals surface area contributed by atoms with Crippen LogP contribution in [-0.4, -0.2) is 23.7 Å². The Bertz CT molecular complexity index is 527. The van der Waals surface area contributed by atoms with Gasteiger partial charge < -0.3 is 10.2 Å². The van der Waals surface area contributed by atoms with Gasteiger partial charge in [0.15, 0.2) is 5.67 Å². The molecule has 1 N–H and O–H groups in total. The maximum absolute atomic E-state index is 14.2. The van der Waals surface area contributed by atoms with Crippen LogP contribution in [0.1, 0.15) is 25.7 Å². The van der Waals surface area contributed by atoms with Crippen LogP contribution in [0.4, 0.5) is 4.39 Å². The van der Waals surface area contributed by atoms with Gasteiger partial charge >= 0.3 is 0 Å². The fourth-order valence-corrected chi connectivity index (χ4v) is 2.74. The highest BCUT2D eigenvalue weighted by molar-refractivity contribution is 5.45. The van der Waals surface area contributed by atoms with E-state index in [2.05, 4.69) is 35.0 Å². The van der Waals surface area contributed by atoms with Crippen molar-refractivity contribution in [3.05, 3.63) is 60.1 Å². The zero-order chi connectivity index (χ0) is 14.0. The molecular weight excluding hydrogens is 251 g/mol. The van der Waals surface area contributed by atoms with Crippen LogP contribution in [0.2, 0.25) is 0 Å². The molecule has 0 amide bonds. The number of alkyl halides is 1. The van der Waals surface area contributed by atoms with Crippen molar-refractivity contribution in [1.82, 2.24) is 10.2 Å². The topological polar surface area (TPSA) is 15.3 Å². The van der Waals surface area contributed by atoms with Gasteiger partial charge in [0.1, 0.15) is 0 Å². The second-order valence-corrected chi connectivity index (χ2v) is 5.69. The van der Waals surface area contributed by atoms with Gasteiger partial charge in [0.25, 0.3) is 0 Å². The fraction of sp³-hybridized carbons (Fsp3) is 0.412. The minimum atomic E-state index is -1.17. The predicted molar refractivity (Wildman–Crippen MR) is 80.6 cm³/mol. The summed E-state index contributed by atoms with van der Waals surface area (Å²) in [5.74, 6) is 0.852. The van der Waals surface area contributed by atoms with E-state index in [1.807, 2.05) is 6.08 Å². The first-order valence-corrected chi connectivity index (χ1v) is 7.28. The van der Waals surface area contributed by atoms with E-state index >= 15 is 0 Å². The minimum Gasteiger partial charge on any atom is -0.354 e. The van der Waals surface area contributed by atoms with Gasteiger partial charge in [0.05, 0.1) is 5.82 Å². The molecule has 1 heterocycles. The molecule has 3 aliphatic rings. The second kappa shape index (κ2) is 5.31. The van der Waals surface area contributed by atoms with Crippen LogP contribution in [0.15, 0.2) is 60.1 Å². The average molecular weight is 272 g/mol. The number of rotatable bonds is 3. The third-order valence-corrected chi connectivity index (χ3v) is 4.18. The van der Waals surface area contributed by atoms with Crippen LogP contribution in [0.25, 0.3) is 0 Å². The summed E-state index contributed by atoms with van der Waals surface area (Å²) in [7, 11) is 0. The van der Waals surface area contributed by atoms with Crippen LogP contribution in [0.3, 0.4) is 0 Å². The Morgan fingerprint density at radius 2 is 2.30 bits per heavy atom. The zero-order valence-corrected chi connectivity index (χ0v) is 11.7. The van der Waals surface area contributed by atoms with Crippen LogP contribution in [0.5, 0.6) is 0 Å². The number of hydrogen-bond acceptors (Lipinski definition) is 2. The molecule has 0 saturated carbocycles. The van der Waals surface area contributed by atoms with Crippen molar-refractivity contribution < 1.29 is 4.39 Å². The fourth-order valence-electron chi connectivity index (χ4n) is 2.74. The first-order chi connectivity index (χ1) is 9.67. The molecule has 1 aliphatic heterocycles. The molecule has 1 unspecified atom stereocenters. The molecule has 2 aliphatic carbocycles. The van der Waals surface area contributed by atoms with Gasteiger partial charge in [0, 0.05) is 19.5 Å². The van der Waals surface area contributed by atoms with Crippen LogP contribution in [-0.2, 0) is 0 Å². The molecule has 106 valence electrons. The SMILES string of the molecule is C=C1N/C=C/CC2(F)C=C2CN1CCC1=CC=CCC1. The summed E-state index contributed by atoms with van der Waals surface area (Å²) >= 11 is 0. The Morgan fingerprint density at radius 3 is 3.10 bits per heavy atom. The summed E-state index contributed by atoms with van der Waals surface area (Å²) < 4.78 is 14.2. The van der Waals surface area contributed by atoms with E-state index in [1.54, 1.807) is 12.3 Å². The molecule has 0 radical (unpaired) electrons. The molecule has 3 heteroatoms. The molecule has 20 heavy (non-hydrogen) atoms. The molecule has 0 aromatic rings. The molecule has 0 fully saturated rings. The van der Waals surface area contributed by atoms with E-state index in [9.17, 15) is 4.39 Å². The quantitative estimate of drug-likeness (QED) is 0.790. The Labute approximate surface area is 120 Å². The first kappa shape index (κ1) is 13.2. The summed E-state index contributed by atoms with van der Waals surface area (Å²) in [6.07, 6.45) is 15.6. The standard InChI is InChI=1S/C17H21FN2/c1-14-19-10-5-9-17(18)12-16(17)13-20(14)11-8-15-6-3-2-4-7-15/h2-3,5-6,10,12,19H,1,4,7-9,11,13H2/b10-5+. The van der Waals surface area contributed by atoms with E-state index in [0.717, 1.165) is 37.2 Å². The highest BCUT2D eigenvalue weighted by atomic mass is 19.1. The lowest BCUT2D eigenvalue weighted by Crippen LogP contribution is -2.31. The van der Waals surface area contributed by atoms with Gasteiger partial charge in [-0.25, -0.2) is 4.39 Å². The monoisotopic (exact) mass is 272 g/mol. The van der Waals surface area contributed by atoms with E-state index in [1.165, 1.54) is 5.57 Å². The summed E-state index contributed by atoms with van der Waals surface area (Å²) in [5.41, 5.74) is 1.19. The van der Waals surface area contributed by atoms with Crippen molar-refractivity contribution in [3.63, 3.8) is 0 Å². The Kier molecular flexibility index (Phi) is 3.51. The zero-order valence-electron chi connectivity index (χ0n) is 11.7. The van der Waals surface area contributed by atoms with Crippen molar-refractivity contribution in [2.24, 2.45) is 0 Å². The van der Waals surface area contributed by atoms with Crippen molar-refractivity contribution >= 4 is 0 Å². The maximum Gasteiger partial charge on any atom is 0.156 e. The van der Waals surface area contributed by atoms with Crippen LogP contribution >= 0.6 is 0 Å². The largest absolute Gasteiger partial charge is 0.354 e. The summed E-state index contributed by atoms with van der Waals surface area (Å²) in [4.78, 5) is 2.14. The van der Waals surface area contributed by atoms with Crippen molar-refractivity contribution in [2.75, 3.05) is 13.1 Å². The number of halogens is 1. The number of hydrogen-bond donors (Lipinski definition) is 1. The highest BCUT2D eigenvalue weighted by Gasteiger charge is 2.44.